The molecule has 0 spiro atoms. The molecule has 5 nitrogen and oxygen atoms in total. The lowest BCUT2D eigenvalue weighted by atomic mass is 10.0. The van der Waals surface area contributed by atoms with Gasteiger partial charge in [0.15, 0.2) is 0 Å². The van der Waals surface area contributed by atoms with E-state index < -0.39 is 16.0 Å². The maximum absolute atomic E-state index is 12.4. The van der Waals surface area contributed by atoms with E-state index >= 15 is 0 Å². The molecular weight excluding hydrogens is 386 g/mol. The van der Waals surface area contributed by atoms with Gasteiger partial charge >= 0.3 is 5.97 Å². The average Bonchev–Trinajstić information content (AvgIpc) is 2.72. The maximum Gasteiger partial charge on any atom is 0.335 e. The number of benzene rings is 3. The number of carboxylic acid groups (broad SMARTS) is 1. The molecule has 0 saturated heterocycles. The lowest BCUT2D eigenvalue weighted by molar-refractivity contribution is 0.0697. The Balaban J connectivity index is 1.69. The predicted octanol–water partition coefficient (Wildman–Crippen LogP) is 4.58. The summed E-state index contributed by atoms with van der Waals surface area (Å²) < 4.78 is 27.5. The van der Waals surface area contributed by atoms with Crippen LogP contribution in [0.1, 0.15) is 27.0 Å². The zero-order valence-electron chi connectivity index (χ0n) is 15.7. The topological polar surface area (TPSA) is 83.5 Å². The van der Waals surface area contributed by atoms with E-state index in [4.69, 9.17) is 5.11 Å². The Hall–Kier alpha value is -3.38. The summed E-state index contributed by atoms with van der Waals surface area (Å²) in [5.74, 6) is -0.958. The van der Waals surface area contributed by atoms with Crippen LogP contribution >= 0.6 is 0 Å². The summed E-state index contributed by atoms with van der Waals surface area (Å²) in [6, 6.07) is 23.2. The first-order valence-electron chi connectivity index (χ1n) is 9.09. The molecule has 0 fully saturated rings. The van der Waals surface area contributed by atoms with Crippen molar-refractivity contribution in [1.29, 1.82) is 0 Å². The highest BCUT2D eigenvalue weighted by Crippen LogP contribution is 2.20. The van der Waals surface area contributed by atoms with E-state index in [1.54, 1.807) is 42.5 Å². The van der Waals surface area contributed by atoms with Crippen LogP contribution in [0.3, 0.4) is 0 Å². The van der Waals surface area contributed by atoms with E-state index in [2.05, 4.69) is 4.72 Å². The minimum Gasteiger partial charge on any atom is -0.478 e. The van der Waals surface area contributed by atoms with Gasteiger partial charge < -0.3 is 5.11 Å². The van der Waals surface area contributed by atoms with Crippen LogP contribution < -0.4 is 4.72 Å². The lowest BCUT2D eigenvalue weighted by Gasteiger charge is -2.11. The third-order valence-corrected chi connectivity index (χ3v) is 5.39. The fraction of sp³-hybridized carbons (Fsp3) is 0.0870. The molecule has 6 heteroatoms. The van der Waals surface area contributed by atoms with Gasteiger partial charge in [-0.3, -0.25) is 4.72 Å². The minimum absolute atomic E-state index is 0.243. The zero-order chi connectivity index (χ0) is 20.7. The van der Waals surface area contributed by atoms with Crippen molar-refractivity contribution >= 4 is 27.8 Å². The molecule has 148 valence electrons. The second kappa shape index (κ2) is 9.21. The van der Waals surface area contributed by atoms with Gasteiger partial charge in [0.2, 0.25) is 0 Å². The second-order valence-electron chi connectivity index (χ2n) is 6.52. The fourth-order valence-corrected chi connectivity index (χ4v) is 3.76. The first-order valence-corrected chi connectivity index (χ1v) is 10.6. The van der Waals surface area contributed by atoms with Crippen LogP contribution in [0.5, 0.6) is 0 Å². The molecule has 3 rings (SSSR count). The van der Waals surface area contributed by atoms with Gasteiger partial charge in [-0.15, -0.1) is 0 Å². The molecular formula is C23H21NO4S. The van der Waals surface area contributed by atoms with Crippen molar-refractivity contribution in [3.63, 3.8) is 0 Å². The Labute approximate surface area is 170 Å². The summed E-state index contributed by atoms with van der Waals surface area (Å²) in [6.07, 6.45) is 2.83. The number of anilines is 1. The molecule has 0 aliphatic rings. The van der Waals surface area contributed by atoms with Gasteiger partial charge in [0.25, 0.3) is 10.0 Å². The summed E-state index contributed by atoms with van der Waals surface area (Å²) in [6.45, 7) is 0. The van der Waals surface area contributed by atoms with E-state index in [0.717, 1.165) is 22.1 Å². The minimum atomic E-state index is -3.65. The number of carboxylic acids is 1. The van der Waals surface area contributed by atoms with Crippen molar-refractivity contribution in [2.75, 3.05) is 4.72 Å². The van der Waals surface area contributed by atoms with Crippen LogP contribution in [0.25, 0.3) is 6.08 Å². The molecule has 0 bridgehead atoms. The molecule has 0 atom stereocenters. The fourth-order valence-electron chi connectivity index (χ4n) is 2.85. The van der Waals surface area contributed by atoms with Crippen LogP contribution in [-0.4, -0.2) is 19.5 Å². The molecule has 0 radical (unpaired) electrons. The SMILES string of the molecule is O=C(O)c1ccc(CCc2ccccc2NS(=O)(=O)/C=C/c2ccccc2)cc1. The van der Waals surface area contributed by atoms with Gasteiger partial charge in [-0.05, 0) is 53.8 Å². The molecule has 0 heterocycles. The lowest BCUT2D eigenvalue weighted by Crippen LogP contribution is -2.11. The third kappa shape index (κ3) is 6.05. The second-order valence-corrected chi connectivity index (χ2v) is 8.09. The summed E-state index contributed by atoms with van der Waals surface area (Å²) in [4.78, 5) is 10.9. The summed E-state index contributed by atoms with van der Waals surface area (Å²) in [7, 11) is -3.65. The highest BCUT2D eigenvalue weighted by Gasteiger charge is 2.10. The normalized spacial score (nSPS) is 11.4. The van der Waals surface area contributed by atoms with E-state index in [0.29, 0.717) is 18.5 Å². The van der Waals surface area contributed by atoms with Gasteiger partial charge in [-0.2, -0.15) is 0 Å². The van der Waals surface area contributed by atoms with E-state index in [9.17, 15) is 13.2 Å². The Morgan fingerprint density at radius 2 is 1.52 bits per heavy atom. The number of aryl methyl sites for hydroxylation is 2. The standard InChI is InChI=1S/C23H21NO4S/c25-23(26)21-14-11-19(12-15-21)10-13-20-8-4-5-9-22(20)24-29(27,28)17-16-18-6-2-1-3-7-18/h1-9,11-12,14-17,24H,10,13H2,(H,25,26)/b17-16+. The molecule has 3 aromatic carbocycles. The van der Waals surface area contributed by atoms with Crippen molar-refractivity contribution in [2.24, 2.45) is 0 Å². The number of hydrogen-bond donors (Lipinski definition) is 2. The van der Waals surface area contributed by atoms with Gasteiger partial charge in [-0.25, -0.2) is 13.2 Å². The van der Waals surface area contributed by atoms with E-state index in [1.165, 1.54) is 0 Å². The van der Waals surface area contributed by atoms with Crippen molar-refractivity contribution < 1.29 is 18.3 Å². The number of rotatable bonds is 8. The number of nitrogens with one attached hydrogen (secondary N) is 1. The van der Waals surface area contributed by atoms with Crippen molar-refractivity contribution in [3.8, 4) is 0 Å². The van der Waals surface area contributed by atoms with Gasteiger partial charge in [0.05, 0.1) is 16.7 Å². The Bertz CT molecular complexity index is 1110. The number of sulfonamides is 1. The molecule has 0 aliphatic carbocycles. The molecule has 0 unspecified atom stereocenters. The van der Waals surface area contributed by atoms with Crippen LogP contribution in [-0.2, 0) is 22.9 Å². The molecule has 0 aliphatic heterocycles. The van der Waals surface area contributed by atoms with Crippen molar-refractivity contribution in [3.05, 3.63) is 107 Å². The monoisotopic (exact) mass is 407 g/mol. The molecule has 0 amide bonds. The summed E-state index contributed by atoms with van der Waals surface area (Å²) >= 11 is 0. The molecule has 2 N–H and O–H groups in total. The summed E-state index contributed by atoms with van der Waals surface area (Å²) in [5, 5.41) is 10.1. The quantitative estimate of drug-likeness (QED) is 0.572. The Morgan fingerprint density at radius 1 is 0.862 bits per heavy atom. The number of carbonyl (C=O) groups is 1. The summed E-state index contributed by atoms with van der Waals surface area (Å²) in [5.41, 5.74) is 3.43. The molecule has 0 saturated carbocycles. The number of para-hydroxylation sites is 1. The highest BCUT2D eigenvalue weighted by atomic mass is 32.2. The Kier molecular flexibility index (Phi) is 6.46. The third-order valence-electron chi connectivity index (χ3n) is 4.39. The van der Waals surface area contributed by atoms with Crippen LogP contribution in [0.2, 0.25) is 0 Å². The van der Waals surface area contributed by atoms with Gasteiger partial charge in [0, 0.05) is 0 Å². The zero-order valence-corrected chi connectivity index (χ0v) is 16.5. The maximum atomic E-state index is 12.4. The Morgan fingerprint density at radius 3 is 2.21 bits per heavy atom. The number of hydrogen-bond acceptors (Lipinski definition) is 3. The van der Waals surface area contributed by atoms with E-state index in [-0.39, 0.29) is 5.56 Å². The molecule has 29 heavy (non-hydrogen) atoms. The highest BCUT2D eigenvalue weighted by molar-refractivity contribution is 7.95. The molecule has 3 aromatic rings. The van der Waals surface area contributed by atoms with Crippen LogP contribution in [0, 0.1) is 0 Å². The first kappa shape index (κ1) is 20.4. The van der Waals surface area contributed by atoms with Gasteiger partial charge in [0.1, 0.15) is 0 Å². The average molecular weight is 407 g/mol. The predicted molar refractivity (Wildman–Crippen MR) is 115 cm³/mol. The first-order chi connectivity index (χ1) is 13.9. The van der Waals surface area contributed by atoms with Gasteiger partial charge in [-0.1, -0.05) is 60.7 Å². The van der Waals surface area contributed by atoms with E-state index in [1.807, 2.05) is 42.5 Å². The largest absolute Gasteiger partial charge is 0.478 e. The molecule has 0 aromatic heterocycles. The van der Waals surface area contributed by atoms with Crippen molar-refractivity contribution in [1.82, 2.24) is 0 Å². The smallest absolute Gasteiger partial charge is 0.335 e. The van der Waals surface area contributed by atoms with Crippen molar-refractivity contribution in [2.45, 2.75) is 12.8 Å². The van der Waals surface area contributed by atoms with Crippen LogP contribution in [0.4, 0.5) is 5.69 Å². The number of aromatic carboxylic acids is 1. The van der Waals surface area contributed by atoms with Crippen LogP contribution in [0.15, 0.2) is 84.3 Å².